The molecule has 1 atom stereocenters. The fraction of sp³-hybridized carbons (Fsp3) is 0.571. The first-order valence-corrected chi connectivity index (χ1v) is 6.95. The number of methoxy groups -OCH3 is 2. The van der Waals surface area contributed by atoms with E-state index in [1.54, 1.807) is 14.2 Å². The highest BCUT2D eigenvalue weighted by Crippen LogP contribution is 2.40. The van der Waals surface area contributed by atoms with Gasteiger partial charge < -0.3 is 9.47 Å². The monoisotopic (exact) mass is 284 g/mol. The molecule has 1 unspecified atom stereocenters. The number of halogens is 1. The molecular weight excluding hydrogens is 264 g/mol. The van der Waals surface area contributed by atoms with Crippen LogP contribution < -0.4 is 20.7 Å². The molecule has 3 N–H and O–H groups in total. The molecule has 1 aromatic carbocycles. The van der Waals surface area contributed by atoms with E-state index in [4.69, 9.17) is 26.9 Å². The molecule has 2 rings (SSSR count). The molecule has 0 radical (unpaired) electrons. The summed E-state index contributed by atoms with van der Waals surface area (Å²) in [4.78, 5) is 0. The van der Waals surface area contributed by atoms with Crippen molar-refractivity contribution < 1.29 is 9.47 Å². The van der Waals surface area contributed by atoms with Crippen LogP contribution in [0.2, 0.25) is 5.02 Å². The lowest BCUT2D eigenvalue weighted by molar-refractivity contribution is 0.261. The maximum absolute atomic E-state index is 6.23. The molecule has 5 heteroatoms. The van der Waals surface area contributed by atoms with E-state index < -0.39 is 0 Å². The van der Waals surface area contributed by atoms with Crippen molar-refractivity contribution in [3.63, 3.8) is 0 Å². The maximum atomic E-state index is 6.23. The molecule has 0 saturated heterocycles. The van der Waals surface area contributed by atoms with Crippen molar-refractivity contribution in [2.75, 3.05) is 14.2 Å². The average Bonchev–Trinajstić information content (AvgIpc) is 2.36. The van der Waals surface area contributed by atoms with Gasteiger partial charge in [0.15, 0.2) is 11.5 Å². The summed E-state index contributed by atoms with van der Waals surface area (Å²) < 4.78 is 10.6. The quantitative estimate of drug-likeness (QED) is 0.623. The van der Waals surface area contributed by atoms with E-state index in [0.717, 1.165) is 17.9 Å². The Labute approximate surface area is 119 Å². The van der Waals surface area contributed by atoms with Gasteiger partial charge in [-0.05, 0) is 30.0 Å². The minimum Gasteiger partial charge on any atom is -0.493 e. The minimum atomic E-state index is 0.0996. The summed E-state index contributed by atoms with van der Waals surface area (Å²) in [7, 11) is 3.19. The summed E-state index contributed by atoms with van der Waals surface area (Å²) in [6.07, 6.45) is 4.94. The van der Waals surface area contributed by atoms with Gasteiger partial charge in [-0.3, -0.25) is 11.3 Å². The molecule has 1 aliphatic carbocycles. The fourth-order valence-corrected chi connectivity index (χ4v) is 2.80. The van der Waals surface area contributed by atoms with Gasteiger partial charge in [-0.15, -0.1) is 0 Å². The molecule has 1 fully saturated rings. The molecular formula is C14H21ClN2O2. The SMILES string of the molecule is COc1cc(C(CC2CCC2)NN)cc(Cl)c1OC. The van der Waals surface area contributed by atoms with Crippen LogP contribution in [0.25, 0.3) is 0 Å². The number of rotatable bonds is 6. The normalized spacial score (nSPS) is 16.8. The van der Waals surface area contributed by atoms with Crippen LogP contribution in [-0.4, -0.2) is 14.2 Å². The Bertz CT molecular complexity index is 436. The van der Waals surface area contributed by atoms with Crippen LogP contribution >= 0.6 is 11.6 Å². The standard InChI is InChI=1S/C14H21ClN2O2/c1-18-13-8-10(7-11(15)14(13)19-2)12(17-16)6-9-4-3-5-9/h7-9,12,17H,3-6,16H2,1-2H3. The summed E-state index contributed by atoms with van der Waals surface area (Å²) in [5.74, 6) is 7.64. The van der Waals surface area contributed by atoms with Crippen LogP contribution in [-0.2, 0) is 0 Å². The Hall–Kier alpha value is -0.970. The third-order valence-electron chi connectivity index (χ3n) is 3.85. The zero-order valence-corrected chi connectivity index (χ0v) is 12.2. The summed E-state index contributed by atoms with van der Waals surface area (Å²) in [6.45, 7) is 0. The first-order valence-electron chi connectivity index (χ1n) is 6.57. The van der Waals surface area contributed by atoms with Gasteiger partial charge in [0.25, 0.3) is 0 Å². The largest absolute Gasteiger partial charge is 0.493 e. The van der Waals surface area contributed by atoms with Crippen LogP contribution in [0.5, 0.6) is 11.5 Å². The fourth-order valence-electron chi connectivity index (χ4n) is 2.50. The van der Waals surface area contributed by atoms with Gasteiger partial charge in [0.2, 0.25) is 0 Å². The number of hydrogen-bond donors (Lipinski definition) is 2. The number of hydrogen-bond acceptors (Lipinski definition) is 4. The lowest BCUT2D eigenvalue weighted by Crippen LogP contribution is -2.31. The first-order chi connectivity index (χ1) is 9.19. The van der Waals surface area contributed by atoms with Crippen LogP contribution in [0.15, 0.2) is 12.1 Å². The third-order valence-corrected chi connectivity index (χ3v) is 4.13. The second-order valence-electron chi connectivity index (χ2n) is 4.99. The van der Waals surface area contributed by atoms with Crippen LogP contribution in [0.3, 0.4) is 0 Å². The molecule has 0 heterocycles. The van der Waals surface area contributed by atoms with Gasteiger partial charge in [-0.25, -0.2) is 0 Å². The Balaban J connectivity index is 2.23. The first kappa shape index (κ1) is 14.4. The summed E-state index contributed by atoms with van der Waals surface area (Å²) >= 11 is 6.23. The van der Waals surface area contributed by atoms with E-state index in [0.29, 0.717) is 16.5 Å². The van der Waals surface area contributed by atoms with E-state index in [9.17, 15) is 0 Å². The van der Waals surface area contributed by atoms with Crippen molar-refractivity contribution in [1.82, 2.24) is 5.43 Å². The van der Waals surface area contributed by atoms with Crippen molar-refractivity contribution >= 4 is 11.6 Å². The van der Waals surface area contributed by atoms with Gasteiger partial charge in [0, 0.05) is 6.04 Å². The highest BCUT2D eigenvalue weighted by Gasteiger charge is 2.24. The van der Waals surface area contributed by atoms with Gasteiger partial charge >= 0.3 is 0 Å². The van der Waals surface area contributed by atoms with Crippen molar-refractivity contribution in [3.8, 4) is 11.5 Å². The molecule has 19 heavy (non-hydrogen) atoms. The van der Waals surface area contributed by atoms with E-state index in [1.807, 2.05) is 12.1 Å². The van der Waals surface area contributed by atoms with E-state index in [-0.39, 0.29) is 6.04 Å². The molecule has 0 aromatic heterocycles. The second-order valence-corrected chi connectivity index (χ2v) is 5.40. The van der Waals surface area contributed by atoms with Gasteiger partial charge in [0.05, 0.1) is 19.2 Å². The van der Waals surface area contributed by atoms with E-state index in [1.165, 1.54) is 19.3 Å². The Morgan fingerprint density at radius 3 is 2.58 bits per heavy atom. The number of nitrogens with one attached hydrogen (secondary N) is 1. The third kappa shape index (κ3) is 3.14. The number of hydrazine groups is 1. The summed E-state index contributed by atoms with van der Waals surface area (Å²) in [5.41, 5.74) is 3.92. The van der Waals surface area contributed by atoms with Crippen molar-refractivity contribution in [3.05, 3.63) is 22.7 Å². The van der Waals surface area contributed by atoms with E-state index in [2.05, 4.69) is 5.43 Å². The lowest BCUT2D eigenvalue weighted by atomic mass is 9.80. The summed E-state index contributed by atoms with van der Waals surface area (Å²) in [5, 5.41) is 0.547. The lowest BCUT2D eigenvalue weighted by Gasteiger charge is -2.30. The smallest absolute Gasteiger partial charge is 0.179 e. The van der Waals surface area contributed by atoms with Crippen molar-refractivity contribution in [1.29, 1.82) is 0 Å². The van der Waals surface area contributed by atoms with Crippen LogP contribution in [0.4, 0.5) is 0 Å². The maximum Gasteiger partial charge on any atom is 0.179 e. The molecule has 0 aliphatic heterocycles. The summed E-state index contributed by atoms with van der Waals surface area (Å²) in [6, 6.07) is 3.93. The Kier molecular flexibility index (Phi) is 4.91. The number of nitrogens with two attached hydrogens (primary N) is 1. The highest BCUT2D eigenvalue weighted by atomic mass is 35.5. The van der Waals surface area contributed by atoms with Gasteiger partial charge in [-0.2, -0.15) is 0 Å². The van der Waals surface area contributed by atoms with Gasteiger partial charge in [-0.1, -0.05) is 30.9 Å². The zero-order valence-electron chi connectivity index (χ0n) is 11.4. The Morgan fingerprint density at radius 2 is 2.11 bits per heavy atom. The van der Waals surface area contributed by atoms with Crippen molar-refractivity contribution in [2.45, 2.75) is 31.7 Å². The molecule has 1 aliphatic rings. The molecule has 0 amide bonds. The Morgan fingerprint density at radius 1 is 1.37 bits per heavy atom. The molecule has 0 bridgehead atoms. The van der Waals surface area contributed by atoms with Crippen molar-refractivity contribution in [2.24, 2.45) is 11.8 Å². The average molecular weight is 285 g/mol. The molecule has 1 aromatic rings. The minimum absolute atomic E-state index is 0.0996. The predicted octanol–water partition coefficient (Wildman–Crippen LogP) is 3.05. The predicted molar refractivity (Wildman–Crippen MR) is 76.6 cm³/mol. The molecule has 0 spiro atoms. The van der Waals surface area contributed by atoms with Crippen LogP contribution in [0, 0.1) is 5.92 Å². The molecule has 4 nitrogen and oxygen atoms in total. The molecule has 106 valence electrons. The second kappa shape index (κ2) is 6.46. The van der Waals surface area contributed by atoms with Crippen LogP contribution in [0.1, 0.15) is 37.3 Å². The zero-order chi connectivity index (χ0) is 13.8. The molecule has 1 saturated carbocycles. The number of benzene rings is 1. The number of ether oxygens (including phenoxy) is 2. The highest BCUT2D eigenvalue weighted by molar-refractivity contribution is 6.32. The van der Waals surface area contributed by atoms with E-state index >= 15 is 0 Å². The topological polar surface area (TPSA) is 56.5 Å². The van der Waals surface area contributed by atoms with Gasteiger partial charge in [0.1, 0.15) is 0 Å².